The fourth-order valence-electron chi connectivity index (χ4n) is 8.08. The van der Waals surface area contributed by atoms with Crippen LogP contribution in [0.5, 0.6) is 0 Å². The molecule has 1 fully saturated rings. The molecule has 0 aromatic rings. The zero-order valence-electron chi connectivity index (χ0n) is 36.6. The highest BCUT2D eigenvalue weighted by Gasteiger charge is 2.37. The van der Waals surface area contributed by atoms with Crippen molar-refractivity contribution in [2.24, 2.45) is 0 Å². The van der Waals surface area contributed by atoms with Crippen molar-refractivity contribution in [1.82, 2.24) is 0 Å². The van der Waals surface area contributed by atoms with Crippen LogP contribution in [0, 0.1) is 0 Å². The van der Waals surface area contributed by atoms with Crippen molar-refractivity contribution in [3.8, 4) is 0 Å². The van der Waals surface area contributed by atoms with Crippen molar-refractivity contribution in [1.29, 1.82) is 0 Å². The van der Waals surface area contributed by atoms with Crippen molar-refractivity contribution in [2.75, 3.05) is 0 Å². The van der Waals surface area contributed by atoms with Gasteiger partial charge < -0.3 is 33.2 Å². The Hall–Kier alpha value is -3.48. The van der Waals surface area contributed by atoms with Crippen LogP contribution >= 0.6 is 0 Å². The summed E-state index contributed by atoms with van der Waals surface area (Å²) >= 11 is 0. The van der Waals surface area contributed by atoms with E-state index in [1.54, 1.807) is 13.0 Å². The summed E-state index contributed by atoms with van der Waals surface area (Å²) in [5.74, 6) is -2.53. The lowest BCUT2D eigenvalue weighted by molar-refractivity contribution is -0.169. The molecule has 13 heteroatoms. The van der Waals surface area contributed by atoms with Gasteiger partial charge in [0.15, 0.2) is 0 Å². The number of ether oxygens (including phenoxy) is 7. The topological polar surface area (TPSA) is 167 Å². The molecule has 2 aliphatic heterocycles. The number of carbonyl (C=O) groups is 6. The molecule has 0 bridgehead atoms. The number of unbranched alkanes of at least 4 members (excludes halogenated alkanes) is 11. The van der Waals surface area contributed by atoms with Gasteiger partial charge in [0.2, 0.25) is 0 Å². The maximum atomic E-state index is 12.3. The Morgan fingerprint density at radius 3 is 1.62 bits per heavy atom. The highest BCUT2D eigenvalue weighted by molar-refractivity contribution is 5.91. The lowest BCUT2D eigenvalue weighted by Crippen LogP contribution is -2.38. The molecule has 58 heavy (non-hydrogen) atoms. The van der Waals surface area contributed by atoms with Gasteiger partial charge in [-0.1, -0.05) is 71.1 Å². The first kappa shape index (κ1) is 50.7. The van der Waals surface area contributed by atoms with Crippen LogP contribution in [0.25, 0.3) is 0 Å². The molecule has 0 N–H and O–H groups in total. The third-order valence-electron chi connectivity index (χ3n) is 10.7. The maximum Gasteiger partial charge on any atom is 0.334 e. The fourth-order valence-corrected chi connectivity index (χ4v) is 8.08. The SMILES string of the molecule is CCCCCCCCCCCC[C@H](OC(C)=O)[C@H](CC[C@H](OC(C)=O)[C@@H]1CC[C@@H](C[C@@H](CCCCC[C@H](CC2=C[C@H](C)OC2=O)OC(C)=O)OC(C)=O)O1)OC(C)=O. The summed E-state index contributed by atoms with van der Waals surface area (Å²) in [4.78, 5) is 72.5. The van der Waals surface area contributed by atoms with Gasteiger partial charge in [0, 0.05) is 53.0 Å². The summed E-state index contributed by atoms with van der Waals surface area (Å²) in [5, 5.41) is 0. The van der Waals surface area contributed by atoms with Gasteiger partial charge in [-0.2, -0.15) is 0 Å². The molecule has 2 aliphatic rings. The third kappa shape index (κ3) is 22.6. The van der Waals surface area contributed by atoms with E-state index in [1.807, 2.05) is 0 Å². The third-order valence-corrected chi connectivity index (χ3v) is 10.7. The highest BCUT2D eigenvalue weighted by atomic mass is 16.6. The quantitative estimate of drug-likeness (QED) is 0.0370. The summed E-state index contributed by atoms with van der Waals surface area (Å²) in [6, 6.07) is 0. The summed E-state index contributed by atoms with van der Waals surface area (Å²) in [7, 11) is 0. The summed E-state index contributed by atoms with van der Waals surface area (Å²) in [6.07, 6.45) is 16.6. The van der Waals surface area contributed by atoms with E-state index >= 15 is 0 Å². The minimum absolute atomic E-state index is 0.225. The zero-order valence-corrected chi connectivity index (χ0v) is 36.6. The molecular formula is C45H74O13. The van der Waals surface area contributed by atoms with Crippen molar-refractivity contribution < 1.29 is 61.9 Å². The van der Waals surface area contributed by atoms with E-state index < -0.39 is 54.4 Å². The molecule has 0 radical (unpaired) electrons. The molecule has 13 nitrogen and oxygen atoms in total. The molecule has 0 aromatic carbocycles. The molecule has 1 saturated heterocycles. The number of carbonyl (C=O) groups excluding carboxylic acids is 6. The van der Waals surface area contributed by atoms with Crippen LogP contribution in [0.15, 0.2) is 11.6 Å². The first-order chi connectivity index (χ1) is 27.7. The van der Waals surface area contributed by atoms with Crippen molar-refractivity contribution in [3.63, 3.8) is 0 Å². The highest BCUT2D eigenvalue weighted by Crippen LogP contribution is 2.32. The van der Waals surface area contributed by atoms with Crippen LogP contribution < -0.4 is 0 Å². The molecule has 0 saturated carbocycles. The molecule has 8 atom stereocenters. The maximum absolute atomic E-state index is 12.3. The Labute approximate surface area is 347 Å². The molecule has 2 rings (SSSR count). The summed E-state index contributed by atoms with van der Waals surface area (Å²) in [6.45, 7) is 10.8. The minimum Gasteiger partial charge on any atom is -0.462 e. The Balaban J connectivity index is 1.93. The van der Waals surface area contributed by atoms with Gasteiger partial charge in [-0.25, -0.2) is 4.79 Å². The van der Waals surface area contributed by atoms with Gasteiger partial charge >= 0.3 is 35.8 Å². The first-order valence-corrected chi connectivity index (χ1v) is 22.1. The second-order valence-electron chi connectivity index (χ2n) is 16.2. The molecule has 332 valence electrons. The normalized spacial score (nSPS) is 20.2. The molecule has 0 aromatic heterocycles. The van der Waals surface area contributed by atoms with Gasteiger partial charge in [0.1, 0.15) is 36.6 Å². The average Bonchev–Trinajstić information content (AvgIpc) is 3.72. The van der Waals surface area contributed by atoms with E-state index in [4.69, 9.17) is 33.2 Å². The van der Waals surface area contributed by atoms with Gasteiger partial charge in [0.25, 0.3) is 0 Å². The predicted octanol–water partition coefficient (Wildman–Crippen LogP) is 8.89. The van der Waals surface area contributed by atoms with E-state index in [0.29, 0.717) is 63.4 Å². The lowest BCUT2D eigenvalue weighted by atomic mass is 9.97. The number of hydrogen-bond acceptors (Lipinski definition) is 13. The Kier molecular flexibility index (Phi) is 25.2. The largest absolute Gasteiger partial charge is 0.462 e. The van der Waals surface area contributed by atoms with Crippen molar-refractivity contribution in [2.45, 2.75) is 239 Å². The predicted molar refractivity (Wildman–Crippen MR) is 217 cm³/mol. The van der Waals surface area contributed by atoms with Gasteiger partial charge in [-0.15, -0.1) is 0 Å². The van der Waals surface area contributed by atoms with Crippen LogP contribution in [0.4, 0.5) is 0 Å². The average molecular weight is 823 g/mol. The van der Waals surface area contributed by atoms with E-state index in [-0.39, 0.29) is 30.3 Å². The van der Waals surface area contributed by atoms with Crippen LogP contribution in [0.2, 0.25) is 0 Å². The van der Waals surface area contributed by atoms with E-state index in [9.17, 15) is 28.8 Å². The second kappa shape index (κ2) is 28.9. The monoisotopic (exact) mass is 823 g/mol. The Morgan fingerprint density at radius 1 is 0.603 bits per heavy atom. The molecule has 0 amide bonds. The van der Waals surface area contributed by atoms with Crippen LogP contribution in [-0.2, 0) is 61.9 Å². The van der Waals surface area contributed by atoms with Gasteiger partial charge in [-0.05, 0) is 77.2 Å². The number of cyclic esters (lactones) is 1. The van der Waals surface area contributed by atoms with Crippen LogP contribution in [0.3, 0.4) is 0 Å². The Bertz CT molecular complexity index is 1290. The summed E-state index contributed by atoms with van der Waals surface area (Å²) in [5.41, 5.74) is 0.523. The molecule has 0 aliphatic carbocycles. The smallest absolute Gasteiger partial charge is 0.334 e. The minimum atomic E-state index is -0.701. The molecule has 2 heterocycles. The van der Waals surface area contributed by atoms with Gasteiger partial charge in [-0.3, -0.25) is 24.0 Å². The number of esters is 6. The molecular weight excluding hydrogens is 748 g/mol. The standard InChI is InChI=1S/C45H74O13/c1-8-9-10-11-12-13-14-15-16-20-23-41(55-34(5)48)42(56-35(6)49)26-27-43(57-36(7)50)44-25-24-40(58-44)30-39(54-33(4)47)22-19-17-18-21-38(53-32(3)46)29-37-28-31(2)52-45(37)51/h28,31,38-44H,8-27,29-30H2,1-7H3/t31-,38+,39+,40-,41-,42-,43-,44-/m0/s1. The fraction of sp³-hybridized carbons (Fsp3) is 0.822. The number of hydrogen-bond donors (Lipinski definition) is 0. The van der Waals surface area contributed by atoms with Crippen molar-refractivity contribution in [3.05, 3.63) is 11.6 Å². The summed E-state index contributed by atoms with van der Waals surface area (Å²) < 4.78 is 40.0. The number of rotatable bonds is 31. The van der Waals surface area contributed by atoms with Crippen LogP contribution in [-0.4, -0.2) is 84.6 Å². The van der Waals surface area contributed by atoms with E-state index in [1.165, 1.54) is 79.6 Å². The first-order valence-electron chi connectivity index (χ1n) is 22.1. The lowest BCUT2D eigenvalue weighted by Gasteiger charge is -2.29. The molecule has 0 spiro atoms. The molecule has 0 unspecified atom stereocenters. The van der Waals surface area contributed by atoms with Crippen molar-refractivity contribution >= 4 is 35.8 Å². The van der Waals surface area contributed by atoms with E-state index in [2.05, 4.69) is 6.92 Å². The second-order valence-corrected chi connectivity index (χ2v) is 16.2. The zero-order chi connectivity index (χ0) is 42.9. The van der Waals surface area contributed by atoms with E-state index in [0.717, 1.165) is 38.5 Å². The van der Waals surface area contributed by atoms with Crippen LogP contribution in [0.1, 0.15) is 190 Å². The Morgan fingerprint density at radius 2 is 1.09 bits per heavy atom. The van der Waals surface area contributed by atoms with Gasteiger partial charge in [0.05, 0.1) is 12.2 Å².